The average molecular weight is 340 g/mol. The van der Waals surface area contributed by atoms with Gasteiger partial charge >= 0.3 is 5.00 Å². The van der Waals surface area contributed by atoms with Crippen LogP contribution in [0.15, 0.2) is 30.3 Å². The number of nitrogens with one attached hydrogen (secondary N) is 2. The van der Waals surface area contributed by atoms with Crippen molar-refractivity contribution in [3.8, 4) is 0 Å². The number of halogens is 1. The Morgan fingerprint density at radius 3 is 2.86 bits per heavy atom. The van der Waals surface area contributed by atoms with Crippen molar-refractivity contribution in [1.82, 2.24) is 0 Å². The Balaban J connectivity index is 0.00000176. The van der Waals surface area contributed by atoms with Gasteiger partial charge in [0.05, 0.1) is 9.80 Å². The van der Waals surface area contributed by atoms with E-state index in [1.54, 1.807) is 0 Å². The van der Waals surface area contributed by atoms with Gasteiger partial charge in [0, 0.05) is 24.0 Å². The summed E-state index contributed by atoms with van der Waals surface area (Å²) in [4.78, 5) is 22.5. The van der Waals surface area contributed by atoms with E-state index in [1.165, 1.54) is 17.7 Å². The molecule has 22 heavy (non-hydrogen) atoms. The first kappa shape index (κ1) is 16.3. The minimum Gasteiger partial charge on any atom is -0.385 e. The van der Waals surface area contributed by atoms with Crippen molar-refractivity contribution in [2.24, 2.45) is 0 Å². The van der Waals surface area contributed by atoms with Gasteiger partial charge in [-0.05, 0) is 42.7 Å². The number of aryl methyl sites for hydroxylation is 1. The monoisotopic (exact) mass is 339 g/mol. The number of fused-ring (bicyclic) bond motifs is 1. The summed E-state index contributed by atoms with van der Waals surface area (Å²) in [5.74, 6) is -0.322. The third-order valence-corrected chi connectivity index (χ3v) is 4.33. The smallest absolute Gasteiger partial charge is 0.324 e. The normalized spacial score (nSPS) is 12.5. The van der Waals surface area contributed by atoms with Gasteiger partial charge in [0.15, 0.2) is 0 Å². The molecule has 0 saturated heterocycles. The topological polar surface area (TPSA) is 84.3 Å². The predicted octanol–water partition coefficient (Wildman–Crippen LogP) is 3.69. The fourth-order valence-corrected chi connectivity index (χ4v) is 3.01. The van der Waals surface area contributed by atoms with Crippen molar-refractivity contribution in [3.63, 3.8) is 0 Å². The van der Waals surface area contributed by atoms with Crippen LogP contribution in [-0.4, -0.2) is 17.4 Å². The highest BCUT2D eigenvalue weighted by Crippen LogP contribution is 2.27. The largest absolute Gasteiger partial charge is 0.385 e. The molecule has 2 heterocycles. The maximum atomic E-state index is 12.1. The van der Waals surface area contributed by atoms with E-state index in [0.717, 1.165) is 36.4 Å². The van der Waals surface area contributed by atoms with E-state index in [2.05, 4.69) is 10.6 Å². The van der Waals surface area contributed by atoms with Crippen LogP contribution in [0.5, 0.6) is 0 Å². The van der Waals surface area contributed by atoms with Crippen LogP contribution in [0.25, 0.3) is 0 Å². The summed E-state index contributed by atoms with van der Waals surface area (Å²) in [5.41, 5.74) is 2.99. The second-order valence-electron chi connectivity index (χ2n) is 4.75. The molecule has 0 bridgehead atoms. The molecule has 6 nitrogen and oxygen atoms in total. The summed E-state index contributed by atoms with van der Waals surface area (Å²) in [6.45, 7) is 0.970. The first-order chi connectivity index (χ1) is 10.1. The molecule has 1 aromatic carbocycles. The Morgan fingerprint density at radius 2 is 2.14 bits per heavy atom. The van der Waals surface area contributed by atoms with Crippen LogP contribution >= 0.6 is 23.7 Å². The molecule has 1 aliphatic heterocycles. The molecule has 0 radical (unpaired) electrons. The highest BCUT2D eigenvalue weighted by atomic mass is 35.5. The minimum absolute atomic E-state index is 0. The van der Waals surface area contributed by atoms with Crippen LogP contribution in [0.1, 0.15) is 21.7 Å². The summed E-state index contributed by atoms with van der Waals surface area (Å²) in [7, 11) is 0. The van der Waals surface area contributed by atoms with Gasteiger partial charge in [0.1, 0.15) is 0 Å². The summed E-state index contributed by atoms with van der Waals surface area (Å²) in [5, 5.41) is 16.7. The lowest BCUT2D eigenvalue weighted by Gasteiger charge is -2.18. The second-order valence-corrected chi connectivity index (χ2v) is 5.81. The van der Waals surface area contributed by atoms with Gasteiger partial charge in [-0.15, -0.1) is 12.4 Å². The Labute approximate surface area is 137 Å². The Kier molecular flexibility index (Phi) is 4.99. The number of nitrogens with zero attached hydrogens (tertiary/aromatic N) is 1. The number of anilines is 2. The molecule has 0 saturated carbocycles. The number of carbonyl (C=O) groups excluding carboxylic acids is 1. The van der Waals surface area contributed by atoms with Crippen LogP contribution in [-0.2, 0) is 6.42 Å². The van der Waals surface area contributed by atoms with Gasteiger partial charge in [-0.2, -0.15) is 0 Å². The number of hydrogen-bond donors (Lipinski definition) is 2. The van der Waals surface area contributed by atoms with Crippen molar-refractivity contribution < 1.29 is 9.72 Å². The molecule has 8 heteroatoms. The molecule has 1 amide bonds. The molecule has 0 fully saturated rings. The first-order valence-electron chi connectivity index (χ1n) is 6.56. The predicted molar refractivity (Wildman–Crippen MR) is 89.4 cm³/mol. The number of amides is 1. The second kappa shape index (κ2) is 6.76. The molecule has 0 atom stereocenters. The van der Waals surface area contributed by atoms with Crippen LogP contribution in [0.2, 0.25) is 0 Å². The summed E-state index contributed by atoms with van der Waals surface area (Å²) >= 11 is 0.874. The molecular formula is C14H14ClN3O3S. The number of nitro groups is 1. The Morgan fingerprint density at radius 1 is 1.32 bits per heavy atom. The molecule has 3 rings (SSSR count). The number of benzene rings is 1. The van der Waals surface area contributed by atoms with Gasteiger partial charge in [-0.3, -0.25) is 14.9 Å². The average Bonchev–Trinajstić information content (AvgIpc) is 2.97. The maximum Gasteiger partial charge on any atom is 0.324 e. The van der Waals surface area contributed by atoms with Crippen molar-refractivity contribution in [3.05, 3.63) is 50.9 Å². The SMILES string of the molecule is Cl.O=C(Nc1ccc2c(c1)CCCN2)c1ccc([N+](=O)[O-])s1. The molecule has 116 valence electrons. The lowest BCUT2D eigenvalue weighted by molar-refractivity contribution is -0.380. The minimum atomic E-state index is -0.494. The van der Waals surface area contributed by atoms with E-state index in [0.29, 0.717) is 10.6 Å². The summed E-state index contributed by atoms with van der Waals surface area (Å²) in [6.07, 6.45) is 2.05. The van der Waals surface area contributed by atoms with Crippen molar-refractivity contribution in [1.29, 1.82) is 0 Å². The lowest BCUT2D eigenvalue weighted by Crippen LogP contribution is -2.14. The third kappa shape index (κ3) is 3.37. The van der Waals surface area contributed by atoms with Gasteiger partial charge in [0.2, 0.25) is 0 Å². The van der Waals surface area contributed by atoms with E-state index in [-0.39, 0.29) is 23.3 Å². The van der Waals surface area contributed by atoms with E-state index in [4.69, 9.17) is 0 Å². The highest BCUT2D eigenvalue weighted by Gasteiger charge is 2.16. The van der Waals surface area contributed by atoms with E-state index in [9.17, 15) is 14.9 Å². The van der Waals surface area contributed by atoms with Crippen LogP contribution in [0.3, 0.4) is 0 Å². The molecule has 0 aliphatic carbocycles. The van der Waals surface area contributed by atoms with Crippen LogP contribution in [0.4, 0.5) is 16.4 Å². The van der Waals surface area contributed by atoms with Crippen LogP contribution < -0.4 is 10.6 Å². The van der Waals surface area contributed by atoms with Gasteiger partial charge in [-0.25, -0.2) is 0 Å². The zero-order chi connectivity index (χ0) is 14.8. The summed E-state index contributed by atoms with van der Waals surface area (Å²) in [6, 6.07) is 8.54. The number of hydrogen-bond acceptors (Lipinski definition) is 5. The lowest BCUT2D eigenvalue weighted by atomic mass is 10.0. The highest BCUT2D eigenvalue weighted by molar-refractivity contribution is 7.17. The van der Waals surface area contributed by atoms with Gasteiger partial charge < -0.3 is 10.6 Å². The van der Waals surface area contributed by atoms with E-state index >= 15 is 0 Å². The van der Waals surface area contributed by atoms with Gasteiger partial charge in [0.25, 0.3) is 5.91 Å². The van der Waals surface area contributed by atoms with Crippen molar-refractivity contribution in [2.75, 3.05) is 17.2 Å². The van der Waals surface area contributed by atoms with Gasteiger partial charge in [-0.1, -0.05) is 11.3 Å². The van der Waals surface area contributed by atoms with E-state index < -0.39 is 4.92 Å². The Hall–Kier alpha value is -2.12. The molecular weight excluding hydrogens is 326 g/mol. The molecule has 1 aliphatic rings. The standard InChI is InChI=1S/C14H13N3O3S.ClH/c18-14(12-5-6-13(21-12)17(19)20)16-10-3-4-11-9(8-10)2-1-7-15-11;/h3-6,8,15H,1-2,7H2,(H,16,18);1H. The molecule has 0 unspecified atom stereocenters. The quantitative estimate of drug-likeness (QED) is 0.659. The molecule has 2 N–H and O–H groups in total. The molecule has 2 aromatic rings. The maximum absolute atomic E-state index is 12.1. The fraction of sp³-hybridized carbons (Fsp3) is 0.214. The third-order valence-electron chi connectivity index (χ3n) is 3.30. The number of carbonyl (C=O) groups is 1. The molecule has 0 spiro atoms. The number of rotatable bonds is 3. The zero-order valence-electron chi connectivity index (χ0n) is 11.5. The first-order valence-corrected chi connectivity index (χ1v) is 7.37. The Bertz CT molecular complexity index is 717. The number of thiophene rings is 1. The molecule has 1 aromatic heterocycles. The van der Waals surface area contributed by atoms with E-state index in [1.807, 2.05) is 18.2 Å². The van der Waals surface area contributed by atoms with Crippen molar-refractivity contribution in [2.45, 2.75) is 12.8 Å². The summed E-state index contributed by atoms with van der Waals surface area (Å²) < 4.78 is 0. The van der Waals surface area contributed by atoms with Crippen LogP contribution in [0, 0.1) is 10.1 Å². The fourth-order valence-electron chi connectivity index (χ4n) is 2.29. The zero-order valence-corrected chi connectivity index (χ0v) is 13.1. The van der Waals surface area contributed by atoms with Crippen molar-refractivity contribution >= 4 is 46.0 Å².